The molecule has 2 N–H and O–H groups in total. The zero-order valence-electron chi connectivity index (χ0n) is 23.1. The zero-order valence-corrected chi connectivity index (χ0v) is 23.1. The van der Waals surface area contributed by atoms with Crippen LogP contribution >= 0.6 is 0 Å². The summed E-state index contributed by atoms with van der Waals surface area (Å²) in [5, 5.41) is 6.33. The van der Waals surface area contributed by atoms with Crippen LogP contribution in [0.4, 0.5) is 5.69 Å². The fraction of sp³-hybridized carbons (Fsp3) is 0.645. The van der Waals surface area contributed by atoms with Crippen LogP contribution in [0.3, 0.4) is 0 Å². The first kappa shape index (κ1) is 26.4. The van der Waals surface area contributed by atoms with Crippen molar-refractivity contribution in [3.8, 4) is 5.75 Å². The summed E-state index contributed by atoms with van der Waals surface area (Å²) in [5.74, 6) is -0.894. The third kappa shape index (κ3) is 4.54. The Morgan fingerprint density at radius 3 is 2.51 bits per heavy atom. The second-order valence-corrected chi connectivity index (χ2v) is 12.2. The number of likely N-dealkylation sites (tertiary alicyclic amines) is 1. The van der Waals surface area contributed by atoms with Crippen molar-refractivity contribution >= 4 is 23.4 Å². The third-order valence-electron chi connectivity index (χ3n) is 9.86. The molecule has 6 rings (SSSR count). The Bertz CT molecular complexity index is 1140. The van der Waals surface area contributed by atoms with E-state index < -0.39 is 29.6 Å². The van der Waals surface area contributed by atoms with Crippen molar-refractivity contribution in [1.82, 2.24) is 10.2 Å². The van der Waals surface area contributed by atoms with Crippen LogP contribution in [0.2, 0.25) is 0 Å². The van der Waals surface area contributed by atoms with Crippen LogP contribution in [-0.4, -0.2) is 59.6 Å². The molecule has 2 saturated carbocycles. The summed E-state index contributed by atoms with van der Waals surface area (Å²) in [4.78, 5) is 44.1. The van der Waals surface area contributed by atoms with E-state index in [1.165, 1.54) is 6.42 Å². The number of carbonyl (C=O) groups is 3. The van der Waals surface area contributed by atoms with Crippen LogP contribution < -0.4 is 15.4 Å². The Labute approximate surface area is 230 Å². The van der Waals surface area contributed by atoms with E-state index >= 15 is 0 Å². The highest BCUT2D eigenvalue weighted by molar-refractivity contribution is 6.03. The summed E-state index contributed by atoms with van der Waals surface area (Å²) in [7, 11) is 1.58. The molecule has 210 valence electrons. The summed E-state index contributed by atoms with van der Waals surface area (Å²) in [5.41, 5.74) is -0.515. The smallest absolute Gasteiger partial charge is 0.246 e. The first-order chi connectivity index (χ1) is 18.9. The number of rotatable bonds is 6. The number of hydrogen-bond acceptors (Lipinski definition) is 5. The number of hydrogen-bond donors (Lipinski definition) is 2. The maximum absolute atomic E-state index is 14.4. The number of nitrogens with zero attached hydrogens (tertiary/aromatic N) is 1. The van der Waals surface area contributed by atoms with Gasteiger partial charge in [-0.15, -0.1) is 0 Å². The number of fused-ring (bicyclic) bond motifs is 1. The Balaban J connectivity index is 1.32. The molecule has 8 heteroatoms. The van der Waals surface area contributed by atoms with Gasteiger partial charge in [-0.2, -0.15) is 0 Å². The molecule has 5 aliphatic rings. The molecule has 5 unspecified atom stereocenters. The molecule has 4 fully saturated rings. The minimum atomic E-state index is -1.12. The molecule has 0 aromatic heterocycles. The average molecular weight is 536 g/mol. The van der Waals surface area contributed by atoms with Gasteiger partial charge in [-0.3, -0.25) is 14.4 Å². The van der Waals surface area contributed by atoms with Gasteiger partial charge >= 0.3 is 0 Å². The fourth-order valence-electron chi connectivity index (χ4n) is 7.85. The molecule has 2 saturated heterocycles. The van der Waals surface area contributed by atoms with Crippen molar-refractivity contribution in [1.29, 1.82) is 0 Å². The molecule has 3 heterocycles. The number of methoxy groups -OCH3 is 1. The molecular weight excluding hydrogens is 494 g/mol. The molecule has 3 amide bonds. The van der Waals surface area contributed by atoms with Gasteiger partial charge in [-0.1, -0.05) is 63.7 Å². The SMILES string of the molecule is COc1cccc(NC(=O)C2[C@H]3C=CC4(O3)C(C(=O)NC3CCCCC3C)N(C3CCCCCC3)C(=O)[C@@H]24)c1. The summed E-state index contributed by atoms with van der Waals surface area (Å²) in [6.45, 7) is 2.20. The average Bonchev–Trinajstić information content (AvgIpc) is 3.48. The van der Waals surface area contributed by atoms with E-state index in [0.717, 1.165) is 57.8 Å². The van der Waals surface area contributed by atoms with E-state index in [0.29, 0.717) is 17.4 Å². The minimum Gasteiger partial charge on any atom is -0.497 e. The van der Waals surface area contributed by atoms with Gasteiger partial charge in [-0.05, 0) is 43.7 Å². The number of anilines is 1. The second-order valence-electron chi connectivity index (χ2n) is 12.2. The van der Waals surface area contributed by atoms with E-state index in [1.54, 1.807) is 19.2 Å². The summed E-state index contributed by atoms with van der Waals surface area (Å²) < 4.78 is 11.9. The number of carbonyl (C=O) groups excluding carboxylic acids is 3. The molecule has 1 spiro atoms. The predicted octanol–water partition coefficient (Wildman–Crippen LogP) is 4.20. The van der Waals surface area contributed by atoms with Gasteiger partial charge in [0.15, 0.2) is 0 Å². The molecule has 0 radical (unpaired) electrons. The molecule has 3 aliphatic heterocycles. The quantitative estimate of drug-likeness (QED) is 0.420. The highest BCUT2D eigenvalue weighted by atomic mass is 16.5. The predicted molar refractivity (Wildman–Crippen MR) is 147 cm³/mol. The Morgan fingerprint density at radius 2 is 1.77 bits per heavy atom. The van der Waals surface area contributed by atoms with E-state index in [4.69, 9.17) is 9.47 Å². The summed E-state index contributed by atoms with van der Waals surface area (Å²) in [6, 6.07) is 6.51. The molecule has 1 aromatic carbocycles. The summed E-state index contributed by atoms with van der Waals surface area (Å²) >= 11 is 0. The van der Waals surface area contributed by atoms with E-state index in [1.807, 2.05) is 29.2 Å². The monoisotopic (exact) mass is 535 g/mol. The van der Waals surface area contributed by atoms with Crippen molar-refractivity contribution < 1.29 is 23.9 Å². The molecule has 1 aromatic rings. The molecular formula is C31H41N3O5. The Morgan fingerprint density at radius 1 is 1.03 bits per heavy atom. The molecule has 8 nitrogen and oxygen atoms in total. The van der Waals surface area contributed by atoms with E-state index in [9.17, 15) is 14.4 Å². The normalized spacial score (nSPS) is 35.9. The number of ether oxygens (including phenoxy) is 2. The lowest BCUT2D eigenvalue weighted by atomic mass is 9.74. The zero-order chi connectivity index (χ0) is 27.1. The van der Waals surface area contributed by atoms with Crippen LogP contribution in [0.5, 0.6) is 5.75 Å². The lowest BCUT2D eigenvalue weighted by Crippen LogP contribution is -2.59. The van der Waals surface area contributed by atoms with Crippen molar-refractivity contribution in [2.75, 3.05) is 12.4 Å². The van der Waals surface area contributed by atoms with Gasteiger partial charge in [0.1, 0.15) is 17.4 Å². The maximum atomic E-state index is 14.4. The molecule has 2 aliphatic carbocycles. The molecule has 2 bridgehead atoms. The van der Waals surface area contributed by atoms with Crippen LogP contribution in [0.15, 0.2) is 36.4 Å². The van der Waals surface area contributed by atoms with Crippen molar-refractivity contribution in [2.24, 2.45) is 17.8 Å². The van der Waals surface area contributed by atoms with E-state index in [-0.39, 0.29) is 29.8 Å². The van der Waals surface area contributed by atoms with Gasteiger partial charge in [0.05, 0.1) is 25.0 Å². The first-order valence-corrected chi connectivity index (χ1v) is 14.9. The number of amides is 3. The van der Waals surface area contributed by atoms with Gasteiger partial charge in [-0.25, -0.2) is 0 Å². The van der Waals surface area contributed by atoms with Crippen LogP contribution in [0.25, 0.3) is 0 Å². The lowest BCUT2D eigenvalue weighted by molar-refractivity contribution is -0.144. The Kier molecular flexibility index (Phi) is 7.16. The fourth-order valence-corrected chi connectivity index (χ4v) is 7.85. The first-order valence-electron chi connectivity index (χ1n) is 14.9. The molecule has 39 heavy (non-hydrogen) atoms. The van der Waals surface area contributed by atoms with Crippen molar-refractivity contribution in [2.45, 2.75) is 101 Å². The highest BCUT2D eigenvalue weighted by Crippen LogP contribution is 2.56. The lowest BCUT2D eigenvalue weighted by Gasteiger charge is -2.38. The van der Waals surface area contributed by atoms with Crippen molar-refractivity contribution in [3.63, 3.8) is 0 Å². The van der Waals surface area contributed by atoms with Crippen LogP contribution in [-0.2, 0) is 19.1 Å². The van der Waals surface area contributed by atoms with Crippen LogP contribution in [0, 0.1) is 17.8 Å². The van der Waals surface area contributed by atoms with Crippen LogP contribution in [0.1, 0.15) is 71.1 Å². The van der Waals surface area contributed by atoms with Gasteiger partial charge < -0.3 is 25.0 Å². The third-order valence-corrected chi connectivity index (χ3v) is 9.86. The summed E-state index contributed by atoms with van der Waals surface area (Å²) in [6.07, 6.45) is 13.7. The minimum absolute atomic E-state index is 0.0161. The topological polar surface area (TPSA) is 97.0 Å². The largest absolute Gasteiger partial charge is 0.497 e. The van der Waals surface area contributed by atoms with Crippen molar-refractivity contribution in [3.05, 3.63) is 36.4 Å². The Hall–Kier alpha value is -2.87. The number of nitrogens with one attached hydrogen (secondary N) is 2. The maximum Gasteiger partial charge on any atom is 0.246 e. The van der Waals surface area contributed by atoms with Gasteiger partial charge in [0.25, 0.3) is 0 Å². The van der Waals surface area contributed by atoms with E-state index in [2.05, 4.69) is 17.6 Å². The standard InChI is InChI=1S/C31H41N3O5/c1-19-10-7-8-15-23(19)33-29(36)27-31-17-16-24(39-31)25(28(35)32-20-11-9-14-22(18-20)38-2)26(31)30(37)34(27)21-12-5-3-4-6-13-21/h9,11,14,16-19,21,23-27H,3-8,10,12-13,15H2,1-2H3,(H,32,35)(H,33,36)/t19?,23?,24-,25?,26-,27?,31?/m1/s1. The van der Waals surface area contributed by atoms with Gasteiger partial charge in [0.2, 0.25) is 17.7 Å². The van der Waals surface area contributed by atoms with Gasteiger partial charge in [0, 0.05) is 23.8 Å². The molecule has 7 atom stereocenters. The second kappa shape index (κ2) is 10.6. The number of benzene rings is 1. The highest BCUT2D eigenvalue weighted by Gasteiger charge is 2.73.